The second kappa shape index (κ2) is 11.4. The Morgan fingerprint density at radius 2 is 1.35 bits per heavy atom. The molecular formula is C25H28ClNO4. The lowest BCUT2D eigenvalue weighted by molar-refractivity contribution is 0.103. The average molecular weight is 442 g/mol. The van der Waals surface area contributed by atoms with E-state index in [9.17, 15) is 4.79 Å². The molecule has 0 heterocycles. The monoisotopic (exact) mass is 441 g/mol. The molecule has 3 aromatic rings. The van der Waals surface area contributed by atoms with Crippen LogP contribution in [0, 0.1) is 0 Å². The van der Waals surface area contributed by atoms with Crippen molar-refractivity contribution in [1.82, 2.24) is 4.90 Å². The molecule has 0 amide bonds. The summed E-state index contributed by atoms with van der Waals surface area (Å²) in [5.41, 5.74) is 3.48. The molecule has 0 aliphatic carbocycles. The van der Waals surface area contributed by atoms with Crippen molar-refractivity contribution in [1.29, 1.82) is 0 Å². The number of benzene rings is 3. The number of carbonyl (C=O) groups is 1. The molecule has 164 valence electrons. The number of rotatable bonds is 9. The minimum Gasteiger partial charge on any atom is -0.496 e. The summed E-state index contributed by atoms with van der Waals surface area (Å²) < 4.78 is 16.0. The van der Waals surface area contributed by atoms with E-state index in [0.717, 1.165) is 30.0 Å². The summed E-state index contributed by atoms with van der Waals surface area (Å²) in [5.74, 6) is 1.98. The number of nitrogens with zero attached hydrogens (tertiary/aromatic N) is 1. The summed E-state index contributed by atoms with van der Waals surface area (Å²) in [6.45, 7) is 1.54. The number of ether oxygens (including phenoxy) is 3. The van der Waals surface area contributed by atoms with E-state index in [1.165, 1.54) is 0 Å². The summed E-state index contributed by atoms with van der Waals surface area (Å²) in [5, 5.41) is 0. The first-order chi connectivity index (χ1) is 14.5. The minimum atomic E-state index is -0.0510. The summed E-state index contributed by atoms with van der Waals surface area (Å²) in [7, 11) is 6.88. The van der Waals surface area contributed by atoms with Crippen molar-refractivity contribution in [3.05, 3.63) is 89.0 Å². The van der Waals surface area contributed by atoms with Crippen LogP contribution in [0.2, 0.25) is 0 Å². The van der Waals surface area contributed by atoms with Crippen LogP contribution in [0.1, 0.15) is 27.0 Å². The van der Waals surface area contributed by atoms with Crippen molar-refractivity contribution in [2.24, 2.45) is 0 Å². The molecule has 3 rings (SSSR count). The Kier molecular flexibility index (Phi) is 8.91. The van der Waals surface area contributed by atoms with Gasteiger partial charge in [-0.1, -0.05) is 42.5 Å². The molecule has 5 nitrogen and oxygen atoms in total. The van der Waals surface area contributed by atoms with E-state index in [0.29, 0.717) is 22.6 Å². The second-order valence-electron chi connectivity index (χ2n) is 7.08. The number of ketones is 1. The van der Waals surface area contributed by atoms with Crippen LogP contribution in [0.15, 0.2) is 66.7 Å². The number of hydrogen-bond acceptors (Lipinski definition) is 5. The molecule has 0 saturated carbocycles. The molecule has 0 atom stereocenters. The SMILES string of the molecule is COc1ccccc1CN(C)Cc1ccc(C(=O)c2ccc(OC)c(OC)c2)cc1.Cl. The lowest BCUT2D eigenvalue weighted by Gasteiger charge is -2.18. The summed E-state index contributed by atoms with van der Waals surface area (Å²) in [6, 6.07) is 20.9. The molecular weight excluding hydrogens is 414 g/mol. The van der Waals surface area contributed by atoms with Gasteiger partial charge in [0.15, 0.2) is 17.3 Å². The quantitative estimate of drug-likeness (QED) is 0.437. The van der Waals surface area contributed by atoms with Gasteiger partial charge in [0.05, 0.1) is 21.3 Å². The molecule has 6 heteroatoms. The molecule has 0 aromatic heterocycles. The van der Waals surface area contributed by atoms with E-state index in [-0.39, 0.29) is 18.2 Å². The molecule has 0 radical (unpaired) electrons. The van der Waals surface area contributed by atoms with Gasteiger partial charge in [-0.05, 0) is 36.9 Å². The van der Waals surface area contributed by atoms with Crippen LogP contribution in [0.4, 0.5) is 0 Å². The van der Waals surface area contributed by atoms with Crippen LogP contribution >= 0.6 is 12.4 Å². The zero-order chi connectivity index (χ0) is 21.5. The van der Waals surface area contributed by atoms with Gasteiger partial charge >= 0.3 is 0 Å². The maximum absolute atomic E-state index is 12.8. The van der Waals surface area contributed by atoms with Gasteiger partial charge in [-0.15, -0.1) is 12.4 Å². The molecule has 0 saturated heterocycles. The Labute approximate surface area is 190 Å². The first-order valence-electron chi connectivity index (χ1n) is 9.71. The third-order valence-corrected chi connectivity index (χ3v) is 4.95. The predicted molar refractivity (Wildman–Crippen MR) is 125 cm³/mol. The van der Waals surface area contributed by atoms with Gasteiger partial charge in [0, 0.05) is 29.8 Å². The van der Waals surface area contributed by atoms with Crippen molar-refractivity contribution < 1.29 is 19.0 Å². The summed E-state index contributed by atoms with van der Waals surface area (Å²) >= 11 is 0. The van der Waals surface area contributed by atoms with E-state index in [1.54, 1.807) is 39.5 Å². The van der Waals surface area contributed by atoms with Crippen molar-refractivity contribution in [3.63, 3.8) is 0 Å². The van der Waals surface area contributed by atoms with Gasteiger partial charge in [0.2, 0.25) is 0 Å². The van der Waals surface area contributed by atoms with Gasteiger partial charge in [-0.25, -0.2) is 0 Å². The Bertz CT molecular complexity index is 1000. The smallest absolute Gasteiger partial charge is 0.193 e. The van der Waals surface area contributed by atoms with E-state index in [1.807, 2.05) is 42.5 Å². The summed E-state index contributed by atoms with van der Waals surface area (Å²) in [4.78, 5) is 15.0. The molecule has 3 aromatic carbocycles. The lowest BCUT2D eigenvalue weighted by Crippen LogP contribution is -2.17. The normalized spacial score (nSPS) is 10.4. The number of methoxy groups -OCH3 is 3. The van der Waals surface area contributed by atoms with Gasteiger partial charge in [0.1, 0.15) is 5.75 Å². The van der Waals surface area contributed by atoms with Crippen LogP contribution in [0.25, 0.3) is 0 Å². The topological polar surface area (TPSA) is 48.0 Å². The highest BCUT2D eigenvalue weighted by Crippen LogP contribution is 2.28. The number of hydrogen-bond donors (Lipinski definition) is 0. The second-order valence-corrected chi connectivity index (χ2v) is 7.08. The molecule has 0 aliphatic heterocycles. The number of halogens is 1. The Balaban J connectivity index is 0.00000341. The van der Waals surface area contributed by atoms with Crippen LogP contribution in [-0.4, -0.2) is 39.1 Å². The van der Waals surface area contributed by atoms with Gasteiger partial charge in [-0.3, -0.25) is 9.69 Å². The third kappa shape index (κ3) is 6.00. The maximum atomic E-state index is 12.8. The van der Waals surface area contributed by atoms with Crippen LogP contribution in [0.3, 0.4) is 0 Å². The lowest BCUT2D eigenvalue weighted by atomic mass is 10.0. The van der Waals surface area contributed by atoms with Gasteiger partial charge in [0.25, 0.3) is 0 Å². The molecule has 0 aliphatic rings. The first kappa shape index (κ1) is 24.3. The fraction of sp³-hybridized carbons (Fsp3) is 0.240. The van der Waals surface area contributed by atoms with Crippen LogP contribution in [0.5, 0.6) is 17.2 Å². The Morgan fingerprint density at radius 1 is 0.742 bits per heavy atom. The Hall–Kier alpha value is -3.02. The zero-order valence-electron chi connectivity index (χ0n) is 18.3. The zero-order valence-corrected chi connectivity index (χ0v) is 19.1. The van der Waals surface area contributed by atoms with Gasteiger partial charge in [-0.2, -0.15) is 0 Å². The van der Waals surface area contributed by atoms with E-state index >= 15 is 0 Å². The highest BCUT2D eigenvalue weighted by Gasteiger charge is 2.13. The van der Waals surface area contributed by atoms with Crippen LogP contribution < -0.4 is 14.2 Å². The third-order valence-electron chi connectivity index (χ3n) is 4.95. The maximum Gasteiger partial charge on any atom is 0.193 e. The van der Waals surface area contributed by atoms with E-state index in [4.69, 9.17) is 14.2 Å². The summed E-state index contributed by atoms with van der Waals surface area (Å²) in [6.07, 6.45) is 0. The van der Waals surface area contributed by atoms with Crippen molar-refractivity contribution in [2.75, 3.05) is 28.4 Å². The highest BCUT2D eigenvalue weighted by atomic mass is 35.5. The predicted octanol–water partition coefficient (Wildman–Crippen LogP) is 5.00. The molecule has 0 N–H and O–H groups in total. The van der Waals surface area contributed by atoms with E-state index < -0.39 is 0 Å². The minimum absolute atomic E-state index is 0. The highest BCUT2D eigenvalue weighted by molar-refractivity contribution is 6.09. The molecule has 0 spiro atoms. The largest absolute Gasteiger partial charge is 0.496 e. The molecule has 0 bridgehead atoms. The fourth-order valence-corrected chi connectivity index (χ4v) is 3.40. The van der Waals surface area contributed by atoms with E-state index in [2.05, 4.69) is 18.0 Å². The molecule has 0 unspecified atom stereocenters. The molecule has 0 fully saturated rings. The van der Waals surface area contributed by atoms with Gasteiger partial charge < -0.3 is 14.2 Å². The molecule has 31 heavy (non-hydrogen) atoms. The van der Waals surface area contributed by atoms with Crippen molar-refractivity contribution in [3.8, 4) is 17.2 Å². The Morgan fingerprint density at radius 3 is 2.00 bits per heavy atom. The standard InChI is InChI=1S/C25H27NO4.ClH/c1-26(17-21-7-5-6-8-22(21)28-2)16-18-9-11-19(12-10-18)25(27)20-13-14-23(29-3)24(15-20)30-4;/h5-15H,16-17H2,1-4H3;1H. The number of carbonyl (C=O) groups excluding carboxylic acids is 1. The average Bonchev–Trinajstić information content (AvgIpc) is 2.79. The first-order valence-corrected chi connectivity index (χ1v) is 9.71. The van der Waals surface area contributed by atoms with Crippen LogP contribution in [-0.2, 0) is 13.1 Å². The fourth-order valence-electron chi connectivity index (χ4n) is 3.40. The van der Waals surface area contributed by atoms with Crippen molar-refractivity contribution >= 4 is 18.2 Å². The number of para-hydroxylation sites is 1. The van der Waals surface area contributed by atoms with Crippen molar-refractivity contribution in [2.45, 2.75) is 13.1 Å².